The molecule has 1 aromatic heterocycles. The minimum absolute atomic E-state index is 0.0617. The van der Waals surface area contributed by atoms with Gasteiger partial charge in [0.1, 0.15) is 0 Å². The quantitative estimate of drug-likeness (QED) is 0.653. The largest absolute Gasteiger partial charge is 0.345 e. The van der Waals surface area contributed by atoms with Crippen LogP contribution in [0.5, 0.6) is 0 Å². The van der Waals surface area contributed by atoms with Gasteiger partial charge >= 0.3 is 0 Å². The highest BCUT2D eigenvalue weighted by molar-refractivity contribution is 5.97. The van der Waals surface area contributed by atoms with E-state index in [1.807, 2.05) is 77.5 Å². The summed E-state index contributed by atoms with van der Waals surface area (Å²) >= 11 is 0. The van der Waals surface area contributed by atoms with Gasteiger partial charge in [-0.2, -0.15) is 0 Å². The molecule has 1 unspecified atom stereocenters. The van der Waals surface area contributed by atoms with Gasteiger partial charge in [-0.3, -0.25) is 9.78 Å². The molecule has 0 spiro atoms. The smallest absolute Gasteiger partial charge is 0.252 e. The molecule has 3 aromatic rings. The Balaban J connectivity index is 1.95. The van der Waals surface area contributed by atoms with Gasteiger partial charge in [-0.1, -0.05) is 36.4 Å². The summed E-state index contributed by atoms with van der Waals surface area (Å²) in [5.41, 5.74) is 7.02. The Hall–Kier alpha value is -2.98. The fraction of sp³-hybridized carbons (Fsp3) is 0.280. The van der Waals surface area contributed by atoms with E-state index in [4.69, 9.17) is 0 Å². The number of carbonyl (C=O) groups excluding carboxylic acids is 1. The Morgan fingerprint density at radius 2 is 1.76 bits per heavy atom. The average molecular weight is 388 g/mol. The predicted molar refractivity (Wildman–Crippen MR) is 119 cm³/mol. The number of hydrogen-bond donors (Lipinski definition) is 1. The summed E-state index contributed by atoms with van der Waals surface area (Å²) in [6.45, 7) is 6.75. The molecular weight excluding hydrogens is 358 g/mol. The molecule has 0 aliphatic rings. The second-order valence-corrected chi connectivity index (χ2v) is 7.84. The maximum absolute atomic E-state index is 13.2. The van der Waals surface area contributed by atoms with E-state index in [0.29, 0.717) is 0 Å². The van der Waals surface area contributed by atoms with Gasteiger partial charge in [0, 0.05) is 24.0 Å². The molecule has 4 nitrogen and oxygen atoms in total. The summed E-state index contributed by atoms with van der Waals surface area (Å²) in [6, 6.07) is 18.2. The normalized spacial score (nSPS) is 12.1. The number of aryl methyl sites for hydroxylation is 1. The average Bonchev–Trinajstić information content (AvgIpc) is 2.70. The lowest BCUT2D eigenvalue weighted by Crippen LogP contribution is -2.28. The summed E-state index contributed by atoms with van der Waals surface area (Å²) in [5.74, 6) is -0.0617. The van der Waals surface area contributed by atoms with Crippen LogP contribution in [-0.2, 0) is 6.54 Å². The summed E-state index contributed by atoms with van der Waals surface area (Å²) in [4.78, 5) is 19.7. The van der Waals surface area contributed by atoms with Crippen molar-refractivity contribution in [1.29, 1.82) is 0 Å². The van der Waals surface area contributed by atoms with E-state index in [9.17, 15) is 4.79 Å². The first-order valence-corrected chi connectivity index (χ1v) is 9.92. The van der Waals surface area contributed by atoms with E-state index in [1.165, 1.54) is 0 Å². The van der Waals surface area contributed by atoms with Crippen molar-refractivity contribution in [2.75, 3.05) is 14.1 Å². The first-order chi connectivity index (χ1) is 13.8. The zero-order chi connectivity index (χ0) is 21.0. The van der Waals surface area contributed by atoms with Crippen LogP contribution in [0.1, 0.15) is 45.7 Å². The molecule has 0 fully saturated rings. The Labute approximate surface area is 173 Å². The van der Waals surface area contributed by atoms with Crippen molar-refractivity contribution in [3.63, 3.8) is 0 Å². The van der Waals surface area contributed by atoms with Gasteiger partial charge in [0.25, 0.3) is 5.91 Å². The molecule has 0 aliphatic heterocycles. The molecule has 1 heterocycles. The maximum Gasteiger partial charge on any atom is 0.252 e. The Morgan fingerprint density at radius 3 is 2.38 bits per heavy atom. The number of hydrogen-bond acceptors (Lipinski definition) is 3. The van der Waals surface area contributed by atoms with Gasteiger partial charge in [-0.05, 0) is 80.9 Å². The molecule has 1 atom stereocenters. The number of carbonyl (C=O) groups is 1. The van der Waals surface area contributed by atoms with Crippen molar-refractivity contribution < 1.29 is 4.79 Å². The van der Waals surface area contributed by atoms with Crippen LogP contribution in [0.4, 0.5) is 0 Å². The van der Waals surface area contributed by atoms with Crippen LogP contribution in [0.25, 0.3) is 11.1 Å². The van der Waals surface area contributed by atoms with Crippen molar-refractivity contribution in [3.8, 4) is 11.1 Å². The molecule has 1 N–H and O–H groups in total. The fourth-order valence-electron chi connectivity index (χ4n) is 3.41. The van der Waals surface area contributed by atoms with Crippen molar-refractivity contribution in [2.24, 2.45) is 0 Å². The number of aromatic nitrogens is 1. The molecule has 0 bridgehead atoms. The number of benzene rings is 2. The molecule has 150 valence electrons. The van der Waals surface area contributed by atoms with E-state index >= 15 is 0 Å². The third kappa shape index (κ3) is 5.09. The SMILES string of the molecule is Cc1ccc(C(C)NC(=O)c2cc(-c3ccccc3)cc(CN(C)C)c2C)cn1. The topological polar surface area (TPSA) is 45.2 Å². The van der Waals surface area contributed by atoms with Crippen molar-refractivity contribution in [1.82, 2.24) is 15.2 Å². The number of nitrogens with one attached hydrogen (secondary N) is 1. The second-order valence-electron chi connectivity index (χ2n) is 7.84. The molecule has 0 aliphatic carbocycles. The minimum atomic E-state index is -0.118. The molecule has 29 heavy (non-hydrogen) atoms. The third-order valence-electron chi connectivity index (χ3n) is 5.14. The maximum atomic E-state index is 13.2. The summed E-state index contributed by atoms with van der Waals surface area (Å²) in [7, 11) is 4.09. The Bertz CT molecular complexity index is 979. The highest BCUT2D eigenvalue weighted by Crippen LogP contribution is 2.27. The van der Waals surface area contributed by atoms with Crippen LogP contribution in [0.3, 0.4) is 0 Å². The van der Waals surface area contributed by atoms with Crippen molar-refractivity contribution >= 4 is 5.91 Å². The van der Waals surface area contributed by atoms with E-state index < -0.39 is 0 Å². The van der Waals surface area contributed by atoms with Gasteiger partial charge < -0.3 is 10.2 Å². The first-order valence-electron chi connectivity index (χ1n) is 9.92. The number of amides is 1. The molecule has 0 saturated carbocycles. The lowest BCUT2D eigenvalue weighted by molar-refractivity contribution is 0.0939. The van der Waals surface area contributed by atoms with Gasteiger partial charge in [0.05, 0.1) is 6.04 Å². The van der Waals surface area contributed by atoms with Crippen LogP contribution in [0.15, 0.2) is 60.8 Å². The lowest BCUT2D eigenvalue weighted by Gasteiger charge is -2.19. The summed E-state index contributed by atoms with van der Waals surface area (Å²) in [5, 5.41) is 3.14. The van der Waals surface area contributed by atoms with Gasteiger partial charge in [0.2, 0.25) is 0 Å². The van der Waals surface area contributed by atoms with E-state index in [0.717, 1.165) is 45.6 Å². The fourth-order valence-corrected chi connectivity index (χ4v) is 3.41. The Kier molecular flexibility index (Phi) is 6.45. The standard InChI is InChI=1S/C25H29N3O/c1-17-11-12-21(15-26-17)19(3)27-25(29)24-14-22(20-9-7-6-8-10-20)13-23(18(24)2)16-28(4)5/h6-15,19H,16H2,1-5H3,(H,27,29). The number of rotatable bonds is 6. The van der Waals surface area contributed by atoms with Crippen LogP contribution in [0, 0.1) is 13.8 Å². The second kappa shape index (κ2) is 9.01. The van der Waals surface area contributed by atoms with Gasteiger partial charge in [0.15, 0.2) is 0 Å². The summed E-state index contributed by atoms with van der Waals surface area (Å²) < 4.78 is 0. The van der Waals surface area contributed by atoms with Gasteiger partial charge in [-0.25, -0.2) is 0 Å². The molecule has 0 radical (unpaired) electrons. The molecule has 0 saturated heterocycles. The highest BCUT2D eigenvalue weighted by atomic mass is 16.1. The molecule has 1 amide bonds. The van der Waals surface area contributed by atoms with E-state index in [-0.39, 0.29) is 11.9 Å². The van der Waals surface area contributed by atoms with E-state index in [1.54, 1.807) is 0 Å². The van der Waals surface area contributed by atoms with Crippen LogP contribution < -0.4 is 5.32 Å². The number of nitrogens with zero attached hydrogens (tertiary/aromatic N) is 2. The summed E-state index contributed by atoms with van der Waals surface area (Å²) in [6.07, 6.45) is 1.82. The van der Waals surface area contributed by atoms with Crippen molar-refractivity contribution in [2.45, 2.75) is 33.4 Å². The molecular formula is C25H29N3O. The minimum Gasteiger partial charge on any atom is -0.345 e. The van der Waals surface area contributed by atoms with Crippen LogP contribution in [0.2, 0.25) is 0 Å². The molecule has 3 rings (SSSR count). The zero-order valence-corrected chi connectivity index (χ0v) is 17.9. The predicted octanol–water partition coefficient (Wildman–Crippen LogP) is 4.92. The molecule has 2 aromatic carbocycles. The zero-order valence-electron chi connectivity index (χ0n) is 17.9. The monoisotopic (exact) mass is 387 g/mol. The third-order valence-corrected chi connectivity index (χ3v) is 5.14. The lowest BCUT2D eigenvalue weighted by atomic mass is 9.94. The first kappa shape index (κ1) is 20.7. The van der Waals surface area contributed by atoms with Gasteiger partial charge in [-0.15, -0.1) is 0 Å². The van der Waals surface area contributed by atoms with E-state index in [2.05, 4.69) is 33.4 Å². The van der Waals surface area contributed by atoms with Crippen LogP contribution >= 0.6 is 0 Å². The number of pyridine rings is 1. The van der Waals surface area contributed by atoms with Crippen molar-refractivity contribution in [3.05, 3.63) is 88.7 Å². The Morgan fingerprint density at radius 1 is 1.03 bits per heavy atom. The van der Waals surface area contributed by atoms with Crippen LogP contribution in [-0.4, -0.2) is 29.9 Å². The highest BCUT2D eigenvalue weighted by Gasteiger charge is 2.18. The molecule has 4 heteroatoms.